The topological polar surface area (TPSA) is 69.6 Å². The summed E-state index contributed by atoms with van der Waals surface area (Å²) in [5, 5.41) is 11.4. The van der Waals surface area contributed by atoms with E-state index in [4.69, 9.17) is 5.11 Å². The highest BCUT2D eigenvalue weighted by molar-refractivity contribution is 5.82. The number of amides is 2. The number of hydrogen-bond donors (Lipinski definition) is 2. The zero-order valence-corrected chi connectivity index (χ0v) is 10.2. The Morgan fingerprint density at radius 1 is 1.35 bits per heavy atom. The van der Waals surface area contributed by atoms with Crippen LogP contribution in [-0.4, -0.2) is 41.1 Å². The second kappa shape index (κ2) is 8.38. The summed E-state index contributed by atoms with van der Waals surface area (Å²) in [4.78, 5) is 24.1. The number of aliphatic carboxylic acids is 1. The molecule has 1 unspecified atom stereocenters. The van der Waals surface area contributed by atoms with E-state index in [0.29, 0.717) is 25.9 Å². The van der Waals surface area contributed by atoms with Crippen LogP contribution in [0.1, 0.15) is 19.8 Å². The van der Waals surface area contributed by atoms with E-state index in [2.05, 4.69) is 18.5 Å². The minimum atomic E-state index is -1.02. The lowest BCUT2D eigenvalue weighted by Crippen LogP contribution is -2.48. The Morgan fingerprint density at radius 2 is 1.88 bits per heavy atom. The van der Waals surface area contributed by atoms with Crippen LogP contribution in [0, 0.1) is 0 Å². The first-order chi connectivity index (χ1) is 8.06. The first-order valence-corrected chi connectivity index (χ1v) is 5.56. The third-order valence-corrected chi connectivity index (χ3v) is 2.16. The van der Waals surface area contributed by atoms with Crippen molar-refractivity contribution in [2.24, 2.45) is 0 Å². The van der Waals surface area contributed by atoms with Crippen LogP contribution in [0.2, 0.25) is 0 Å². The molecule has 0 radical (unpaired) electrons. The molecule has 0 aromatic carbocycles. The Kier molecular flexibility index (Phi) is 7.50. The molecule has 0 aromatic heterocycles. The highest BCUT2D eigenvalue weighted by Crippen LogP contribution is 1.99. The van der Waals surface area contributed by atoms with Crippen molar-refractivity contribution in [3.63, 3.8) is 0 Å². The molecule has 0 heterocycles. The van der Waals surface area contributed by atoms with E-state index in [1.807, 2.05) is 6.92 Å². The van der Waals surface area contributed by atoms with Crippen molar-refractivity contribution in [3.8, 4) is 0 Å². The predicted octanol–water partition coefficient (Wildman–Crippen LogP) is 1.62. The van der Waals surface area contributed by atoms with Crippen LogP contribution in [0.25, 0.3) is 0 Å². The summed E-state index contributed by atoms with van der Waals surface area (Å²) in [6, 6.07) is -1.25. The highest BCUT2D eigenvalue weighted by atomic mass is 16.4. The third kappa shape index (κ3) is 5.75. The second-order valence-corrected chi connectivity index (χ2v) is 3.61. The lowest BCUT2D eigenvalue weighted by Gasteiger charge is -2.22. The summed E-state index contributed by atoms with van der Waals surface area (Å²) >= 11 is 0. The van der Waals surface area contributed by atoms with E-state index < -0.39 is 18.0 Å². The van der Waals surface area contributed by atoms with E-state index >= 15 is 0 Å². The molecule has 1 atom stereocenters. The van der Waals surface area contributed by atoms with Gasteiger partial charge in [-0.25, -0.2) is 9.59 Å². The van der Waals surface area contributed by atoms with E-state index in [-0.39, 0.29) is 0 Å². The largest absolute Gasteiger partial charge is 0.480 e. The second-order valence-electron chi connectivity index (χ2n) is 3.61. The summed E-state index contributed by atoms with van der Waals surface area (Å²) in [5.74, 6) is -1.02. The maximum Gasteiger partial charge on any atom is 0.326 e. The summed E-state index contributed by atoms with van der Waals surface area (Å²) in [6.45, 7) is 9.67. The fraction of sp³-hybridized carbons (Fsp3) is 0.500. The molecule has 5 heteroatoms. The molecule has 0 bridgehead atoms. The smallest absolute Gasteiger partial charge is 0.326 e. The Morgan fingerprint density at radius 3 is 2.24 bits per heavy atom. The number of nitrogens with one attached hydrogen (secondary N) is 1. The van der Waals surface area contributed by atoms with E-state index in [0.717, 1.165) is 0 Å². The van der Waals surface area contributed by atoms with Crippen LogP contribution < -0.4 is 5.32 Å². The van der Waals surface area contributed by atoms with Gasteiger partial charge in [0.05, 0.1) is 0 Å². The zero-order chi connectivity index (χ0) is 13.3. The molecular formula is C12H20N2O3. The summed E-state index contributed by atoms with van der Waals surface area (Å²) in [6.07, 6.45) is 4.27. The molecule has 0 saturated heterocycles. The standard InChI is InChI=1S/C12H20N2O3/c1-4-7-10(11(15)16)13-12(17)14(8-5-2)9-6-3/h5-6,10H,2-4,7-9H2,1H3,(H,13,17)(H,15,16). The Hall–Kier alpha value is -1.78. The number of hydrogen-bond acceptors (Lipinski definition) is 2. The van der Waals surface area contributed by atoms with Crippen LogP contribution in [0.15, 0.2) is 25.3 Å². The number of carbonyl (C=O) groups excluding carboxylic acids is 1. The number of rotatable bonds is 8. The molecule has 0 aliphatic rings. The Balaban J connectivity index is 4.48. The number of carboxylic acids is 1. The minimum Gasteiger partial charge on any atom is -0.480 e. The maximum atomic E-state index is 11.8. The van der Waals surface area contributed by atoms with Crippen molar-refractivity contribution in [1.29, 1.82) is 0 Å². The van der Waals surface area contributed by atoms with Gasteiger partial charge in [0.15, 0.2) is 0 Å². The SMILES string of the molecule is C=CCN(CC=C)C(=O)NC(CCC)C(=O)O. The van der Waals surface area contributed by atoms with Gasteiger partial charge in [0.1, 0.15) is 6.04 Å². The molecule has 0 saturated carbocycles. The molecule has 17 heavy (non-hydrogen) atoms. The Bertz CT molecular complexity index is 279. The van der Waals surface area contributed by atoms with Gasteiger partial charge < -0.3 is 15.3 Å². The monoisotopic (exact) mass is 240 g/mol. The zero-order valence-electron chi connectivity index (χ0n) is 10.2. The molecule has 2 amide bonds. The van der Waals surface area contributed by atoms with Crippen molar-refractivity contribution < 1.29 is 14.7 Å². The van der Waals surface area contributed by atoms with Gasteiger partial charge >= 0.3 is 12.0 Å². The van der Waals surface area contributed by atoms with Crippen molar-refractivity contribution >= 4 is 12.0 Å². The first kappa shape index (κ1) is 15.2. The molecule has 5 nitrogen and oxygen atoms in total. The summed E-state index contributed by atoms with van der Waals surface area (Å²) in [7, 11) is 0. The van der Waals surface area contributed by atoms with Gasteiger partial charge in [0, 0.05) is 13.1 Å². The van der Waals surface area contributed by atoms with Gasteiger partial charge in [0.25, 0.3) is 0 Å². The Labute approximate surface area is 102 Å². The van der Waals surface area contributed by atoms with Crippen LogP contribution in [0.3, 0.4) is 0 Å². The number of nitrogens with zero attached hydrogens (tertiary/aromatic N) is 1. The van der Waals surface area contributed by atoms with E-state index in [1.54, 1.807) is 12.2 Å². The van der Waals surface area contributed by atoms with Gasteiger partial charge in [0.2, 0.25) is 0 Å². The predicted molar refractivity (Wildman–Crippen MR) is 66.8 cm³/mol. The molecule has 0 aliphatic carbocycles. The lowest BCUT2D eigenvalue weighted by atomic mass is 10.2. The van der Waals surface area contributed by atoms with Gasteiger partial charge in [-0.3, -0.25) is 0 Å². The van der Waals surface area contributed by atoms with E-state index in [9.17, 15) is 9.59 Å². The molecule has 2 N–H and O–H groups in total. The molecule has 0 spiro atoms. The quantitative estimate of drug-likeness (QED) is 0.633. The molecule has 0 fully saturated rings. The van der Waals surface area contributed by atoms with Crippen molar-refractivity contribution in [3.05, 3.63) is 25.3 Å². The fourth-order valence-corrected chi connectivity index (χ4v) is 1.34. The number of urea groups is 1. The minimum absolute atomic E-state index is 0.357. The average Bonchev–Trinajstić information content (AvgIpc) is 2.28. The fourth-order valence-electron chi connectivity index (χ4n) is 1.34. The molecule has 96 valence electrons. The third-order valence-electron chi connectivity index (χ3n) is 2.16. The van der Waals surface area contributed by atoms with Gasteiger partial charge in [-0.2, -0.15) is 0 Å². The number of carboxylic acid groups (broad SMARTS) is 1. The van der Waals surface area contributed by atoms with Crippen molar-refractivity contribution in [2.75, 3.05) is 13.1 Å². The van der Waals surface area contributed by atoms with Crippen LogP contribution >= 0.6 is 0 Å². The molecule has 0 aromatic rings. The van der Waals surface area contributed by atoms with Crippen LogP contribution in [0.5, 0.6) is 0 Å². The van der Waals surface area contributed by atoms with E-state index in [1.165, 1.54) is 4.90 Å². The normalized spacial score (nSPS) is 11.4. The van der Waals surface area contributed by atoms with Gasteiger partial charge in [-0.15, -0.1) is 13.2 Å². The summed E-state index contributed by atoms with van der Waals surface area (Å²) < 4.78 is 0. The lowest BCUT2D eigenvalue weighted by molar-refractivity contribution is -0.139. The average molecular weight is 240 g/mol. The first-order valence-electron chi connectivity index (χ1n) is 5.56. The van der Waals surface area contributed by atoms with Crippen molar-refractivity contribution in [1.82, 2.24) is 10.2 Å². The summed E-state index contributed by atoms with van der Waals surface area (Å²) in [5.41, 5.74) is 0. The van der Waals surface area contributed by atoms with Crippen LogP contribution in [0.4, 0.5) is 4.79 Å². The maximum absolute atomic E-state index is 11.8. The van der Waals surface area contributed by atoms with Gasteiger partial charge in [-0.1, -0.05) is 25.5 Å². The van der Waals surface area contributed by atoms with Crippen molar-refractivity contribution in [2.45, 2.75) is 25.8 Å². The molecule has 0 aliphatic heterocycles. The highest BCUT2D eigenvalue weighted by Gasteiger charge is 2.21. The molecular weight excluding hydrogens is 220 g/mol. The number of carbonyl (C=O) groups is 2. The van der Waals surface area contributed by atoms with Crippen LogP contribution in [-0.2, 0) is 4.79 Å². The molecule has 0 rings (SSSR count). The van der Waals surface area contributed by atoms with Gasteiger partial charge in [-0.05, 0) is 6.42 Å².